The number of carboxylic acid groups (broad SMARTS) is 1. The monoisotopic (exact) mass is 250 g/mol. The van der Waals surface area contributed by atoms with E-state index in [0.717, 1.165) is 0 Å². The van der Waals surface area contributed by atoms with E-state index in [4.69, 9.17) is 15.3 Å². The Balaban J connectivity index is 2.21. The van der Waals surface area contributed by atoms with Crippen LogP contribution in [0.3, 0.4) is 0 Å². The highest BCUT2D eigenvalue weighted by molar-refractivity contribution is 7.98. The summed E-state index contributed by atoms with van der Waals surface area (Å²) in [4.78, 5) is 15.0. The first-order valence-electron chi connectivity index (χ1n) is 4.81. The van der Waals surface area contributed by atoms with Gasteiger partial charge in [-0.1, -0.05) is 23.9 Å². The van der Waals surface area contributed by atoms with Gasteiger partial charge in [0.05, 0.1) is 11.8 Å². The van der Waals surface area contributed by atoms with E-state index in [0.29, 0.717) is 16.5 Å². The highest BCUT2D eigenvalue weighted by atomic mass is 32.2. The van der Waals surface area contributed by atoms with Gasteiger partial charge in [-0.05, 0) is 11.6 Å². The zero-order chi connectivity index (χ0) is 12.3. The van der Waals surface area contributed by atoms with Gasteiger partial charge in [-0.15, -0.1) is 0 Å². The van der Waals surface area contributed by atoms with Crippen molar-refractivity contribution >= 4 is 23.4 Å². The molecule has 6 heteroatoms. The lowest BCUT2D eigenvalue weighted by molar-refractivity contribution is 0.0697. The molecule has 3 N–H and O–H groups in total. The van der Waals surface area contributed by atoms with Crippen LogP contribution in [0, 0.1) is 0 Å². The van der Waals surface area contributed by atoms with Crippen molar-refractivity contribution in [2.75, 3.05) is 5.73 Å². The molecule has 0 saturated carbocycles. The molecule has 5 nitrogen and oxygen atoms in total. The molecular weight excluding hydrogens is 240 g/mol. The second-order valence-corrected chi connectivity index (χ2v) is 4.20. The summed E-state index contributed by atoms with van der Waals surface area (Å²) in [7, 11) is 0. The van der Waals surface area contributed by atoms with Gasteiger partial charge >= 0.3 is 5.97 Å². The molecule has 0 radical (unpaired) electrons. The first-order valence-corrected chi connectivity index (χ1v) is 5.80. The number of nitrogens with two attached hydrogens (primary N) is 1. The molecule has 0 saturated heterocycles. The zero-order valence-electron chi connectivity index (χ0n) is 8.79. The van der Waals surface area contributed by atoms with E-state index in [9.17, 15) is 4.79 Å². The van der Waals surface area contributed by atoms with Crippen LogP contribution in [0.15, 0.2) is 40.3 Å². The third-order valence-corrected chi connectivity index (χ3v) is 3.06. The Morgan fingerprint density at radius 2 is 2.35 bits per heavy atom. The van der Waals surface area contributed by atoms with E-state index < -0.39 is 5.97 Å². The largest absolute Gasteiger partial charge is 0.478 e. The molecule has 1 heterocycles. The number of thioether (sulfide) groups is 1. The van der Waals surface area contributed by atoms with Crippen LogP contribution in [0.5, 0.6) is 0 Å². The summed E-state index contributed by atoms with van der Waals surface area (Å²) in [6.45, 7) is 0. The van der Waals surface area contributed by atoms with Gasteiger partial charge in [-0.2, -0.15) is 0 Å². The van der Waals surface area contributed by atoms with Crippen molar-refractivity contribution in [3.8, 4) is 0 Å². The predicted octanol–water partition coefficient (Wildman–Crippen LogP) is 2.25. The third kappa shape index (κ3) is 2.59. The van der Waals surface area contributed by atoms with E-state index in [1.165, 1.54) is 18.0 Å². The van der Waals surface area contributed by atoms with Crippen LogP contribution in [0.4, 0.5) is 5.69 Å². The number of hydrogen-bond donors (Lipinski definition) is 2. The molecule has 1 aromatic heterocycles. The summed E-state index contributed by atoms with van der Waals surface area (Å²) in [6, 6.07) is 5.03. The highest BCUT2D eigenvalue weighted by Gasteiger charge is 2.14. The number of rotatable bonds is 4. The number of hydrogen-bond acceptors (Lipinski definition) is 5. The molecular formula is C11H10N2O3S. The molecule has 0 spiro atoms. The number of nitrogens with zero attached hydrogens (tertiary/aromatic N) is 1. The molecule has 0 atom stereocenters. The molecule has 0 bridgehead atoms. The topological polar surface area (TPSA) is 89.4 Å². The molecule has 0 aliphatic heterocycles. The fraction of sp³-hybridized carbons (Fsp3) is 0.0909. The van der Waals surface area contributed by atoms with E-state index in [2.05, 4.69) is 4.98 Å². The van der Waals surface area contributed by atoms with E-state index in [1.807, 2.05) is 0 Å². The smallest absolute Gasteiger partial charge is 0.338 e. The first kappa shape index (κ1) is 11.5. The maximum absolute atomic E-state index is 11.1. The molecule has 0 aliphatic rings. The Morgan fingerprint density at radius 1 is 1.53 bits per heavy atom. The Labute approximate surface area is 102 Å². The highest BCUT2D eigenvalue weighted by Crippen LogP contribution is 2.25. The van der Waals surface area contributed by atoms with Crippen molar-refractivity contribution < 1.29 is 14.3 Å². The molecule has 0 fully saturated rings. The number of oxazole rings is 1. The molecule has 2 rings (SSSR count). The fourth-order valence-electron chi connectivity index (χ4n) is 1.42. The summed E-state index contributed by atoms with van der Waals surface area (Å²) in [5.74, 6) is -0.571. The van der Waals surface area contributed by atoms with Crippen LogP contribution >= 0.6 is 11.8 Å². The van der Waals surface area contributed by atoms with Crippen molar-refractivity contribution in [3.63, 3.8) is 0 Å². The summed E-state index contributed by atoms with van der Waals surface area (Å²) in [5, 5.41) is 9.58. The minimum absolute atomic E-state index is 0.145. The van der Waals surface area contributed by atoms with Crippen LogP contribution in [-0.2, 0) is 5.75 Å². The second kappa shape index (κ2) is 4.92. The number of aromatic carboxylic acids is 1. The van der Waals surface area contributed by atoms with Crippen LogP contribution < -0.4 is 5.73 Å². The Hall–Kier alpha value is -1.95. The fourth-order valence-corrected chi connectivity index (χ4v) is 2.20. The molecule has 0 aliphatic carbocycles. The predicted molar refractivity (Wildman–Crippen MR) is 63.9 cm³/mol. The Kier molecular flexibility index (Phi) is 3.34. The quantitative estimate of drug-likeness (QED) is 0.639. The normalized spacial score (nSPS) is 10.4. The lowest BCUT2D eigenvalue weighted by Crippen LogP contribution is -2.06. The van der Waals surface area contributed by atoms with E-state index >= 15 is 0 Å². The van der Waals surface area contributed by atoms with Gasteiger partial charge in [0, 0.05) is 11.4 Å². The lowest BCUT2D eigenvalue weighted by atomic mass is 10.1. The van der Waals surface area contributed by atoms with Crippen molar-refractivity contribution in [1.82, 2.24) is 4.98 Å². The summed E-state index contributed by atoms with van der Waals surface area (Å²) >= 11 is 1.32. The lowest BCUT2D eigenvalue weighted by Gasteiger charge is -2.06. The Morgan fingerprint density at radius 3 is 3.00 bits per heavy atom. The average molecular weight is 250 g/mol. The van der Waals surface area contributed by atoms with Gasteiger partial charge in [0.25, 0.3) is 5.22 Å². The van der Waals surface area contributed by atoms with Crippen molar-refractivity contribution in [2.24, 2.45) is 0 Å². The minimum atomic E-state index is -1.02. The first-order chi connectivity index (χ1) is 8.18. The molecule has 2 aromatic rings. The number of anilines is 1. The molecule has 17 heavy (non-hydrogen) atoms. The number of carbonyl (C=O) groups is 1. The van der Waals surface area contributed by atoms with Gasteiger partial charge in [-0.3, -0.25) is 0 Å². The third-order valence-electron chi connectivity index (χ3n) is 2.16. The van der Waals surface area contributed by atoms with Crippen molar-refractivity contribution in [1.29, 1.82) is 0 Å². The van der Waals surface area contributed by atoms with Gasteiger partial charge in [0.2, 0.25) is 0 Å². The number of aromatic nitrogens is 1. The van der Waals surface area contributed by atoms with E-state index in [1.54, 1.807) is 24.4 Å². The number of nitrogen functional groups attached to an aromatic ring is 1. The maximum Gasteiger partial charge on any atom is 0.338 e. The Bertz CT molecular complexity index is 526. The number of carboxylic acids is 1. The van der Waals surface area contributed by atoms with Gasteiger partial charge in [0.15, 0.2) is 0 Å². The summed E-state index contributed by atoms with van der Waals surface area (Å²) in [5.41, 5.74) is 6.71. The standard InChI is InChI=1S/C11H10N2O3S/c12-8-3-1-2-7(9(8)10(14)15)6-17-11-13-4-5-16-11/h1-5H,6,12H2,(H,14,15). The van der Waals surface area contributed by atoms with Crippen LogP contribution in [0.2, 0.25) is 0 Å². The minimum Gasteiger partial charge on any atom is -0.478 e. The van der Waals surface area contributed by atoms with Crippen molar-refractivity contribution in [3.05, 3.63) is 41.8 Å². The summed E-state index contributed by atoms with van der Waals surface area (Å²) < 4.78 is 5.06. The van der Waals surface area contributed by atoms with Gasteiger partial charge in [-0.25, -0.2) is 9.78 Å². The molecule has 0 amide bonds. The average Bonchev–Trinajstić information content (AvgIpc) is 2.78. The van der Waals surface area contributed by atoms with Crippen LogP contribution in [-0.4, -0.2) is 16.1 Å². The maximum atomic E-state index is 11.1. The zero-order valence-corrected chi connectivity index (χ0v) is 9.61. The second-order valence-electron chi connectivity index (χ2n) is 3.27. The van der Waals surface area contributed by atoms with Crippen molar-refractivity contribution in [2.45, 2.75) is 11.0 Å². The number of benzene rings is 1. The molecule has 1 aromatic carbocycles. The van der Waals surface area contributed by atoms with Crippen LogP contribution in [0.25, 0.3) is 0 Å². The van der Waals surface area contributed by atoms with Gasteiger partial charge in [0.1, 0.15) is 6.26 Å². The van der Waals surface area contributed by atoms with Gasteiger partial charge < -0.3 is 15.3 Å². The summed E-state index contributed by atoms with van der Waals surface area (Å²) in [6.07, 6.45) is 3.01. The SMILES string of the molecule is Nc1cccc(CSc2ncco2)c1C(=O)O. The molecule has 88 valence electrons. The van der Waals surface area contributed by atoms with E-state index in [-0.39, 0.29) is 11.3 Å². The van der Waals surface area contributed by atoms with Crippen LogP contribution in [0.1, 0.15) is 15.9 Å². The molecule has 0 unspecified atom stereocenters.